The molecule has 0 aliphatic heterocycles. The average Bonchev–Trinajstić information content (AvgIpc) is 2.80. The van der Waals surface area contributed by atoms with Crippen LogP contribution in [0, 0.1) is 12.7 Å². The van der Waals surface area contributed by atoms with Crippen molar-refractivity contribution in [2.24, 2.45) is 0 Å². The second kappa shape index (κ2) is 5.06. The summed E-state index contributed by atoms with van der Waals surface area (Å²) >= 11 is 1.54. The number of aliphatic hydroxyl groups is 1. The van der Waals surface area contributed by atoms with Gasteiger partial charge >= 0.3 is 0 Å². The zero-order valence-electron chi connectivity index (χ0n) is 11.7. The van der Waals surface area contributed by atoms with Gasteiger partial charge in [0.05, 0.1) is 0 Å². The van der Waals surface area contributed by atoms with Crippen LogP contribution in [0.3, 0.4) is 0 Å². The van der Waals surface area contributed by atoms with Crippen molar-refractivity contribution in [2.45, 2.75) is 39.2 Å². The summed E-state index contributed by atoms with van der Waals surface area (Å²) in [5.41, 5.74) is 1.35. The highest BCUT2D eigenvalue weighted by Gasteiger charge is 2.21. The molecule has 0 saturated carbocycles. The smallest absolute Gasteiger partial charge is 0.129 e. The Morgan fingerprint density at radius 1 is 1.16 bits per heavy atom. The Morgan fingerprint density at radius 2 is 1.84 bits per heavy atom. The molecule has 3 heteroatoms. The third kappa shape index (κ3) is 3.04. The van der Waals surface area contributed by atoms with Crippen LogP contribution in [0.1, 0.15) is 47.8 Å². The van der Waals surface area contributed by atoms with E-state index in [1.54, 1.807) is 23.5 Å². The van der Waals surface area contributed by atoms with Gasteiger partial charge in [0, 0.05) is 15.3 Å². The number of benzene rings is 1. The summed E-state index contributed by atoms with van der Waals surface area (Å²) in [4.78, 5) is 1.98. The van der Waals surface area contributed by atoms with Gasteiger partial charge in [-0.15, -0.1) is 11.3 Å². The molecule has 19 heavy (non-hydrogen) atoms. The molecule has 1 unspecified atom stereocenters. The van der Waals surface area contributed by atoms with Crippen LogP contribution >= 0.6 is 11.3 Å². The molecule has 0 saturated heterocycles. The van der Waals surface area contributed by atoms with Crippen molar-refractivity contribution in [3.8, 4) is 0 Å². The van der Waals surface area contributed by atoms with Crippen LogP contribution in [0.15, 0.2) is 30.3 Å². The normalized spacial score (nSPS) is 13.6. The first-order valence-electron chi connectivity index (χ1n) is 6.33. The summed E-state index contributed by atoms with van der Waals surface area (Å²) < 4.78 is 13.8. The van der Waals surface area contributed by atoms with Crippen molar-refractivity contribution < 1.29 is 9.50 Å². The lowest BCUT2D eigenvalue weighted by Crippen LogP contribution is -2.08. The number of halogens is 1. The van der Waals surface area contributed by atoms with Gasteiger partial charge in [0.25, 0.3) is 0 Å². The van der Waals surface area contributed by atoms with Crippen molar-refractivity contribution in [1.82, 2.24) is 0 Å². The number of aliphatic hydroxyl groups excluding tert-OH is 1. The molecule has 2 aromatic rings. The van der Waals surface area contributed by atoms with Gasteiger partial charge in [-0.1, -0.05) is 38.5 Å². The predicted molar refractivity (Wildman–Crippen MR) is 78.2 cm³/mol. The predicted octanol–water partition coefficient (Wildman–Crippen LogP) is 4.57. The highest BCUT2D eigenvalue weighted by molar-refractivity contribution is 7.12. The average molecular weight is 278 g/mol. The molecule has 0 aliphatic rings. The summed E-state index contributed by atoms with van der Waals surface area (Å²) in [6.07, 6.45) is -0.888. The fourth-order valence-electron chi connectivity index (χ4n) is 1.93. The molecule has 0 spiro atoms. The molecule has 1 aromatic heterocycles. The van der Waals surface area contributed by atoms with Crippen LogP contribution in [0.25, 0.3) is 0 Å². The molecule has 0 radical (unpaired) electrons. The standard InChI is InChI=1S/C16H19FOS/c1-10-5-6-12(17)11(9-10)15(18)13-7-8-14(19-13)16(2,3)4/h5-9,15,18H,1-4H3. The van der Waals surface area contributed by atoms with Gasteiger partial charge in [-0.25, -0.2) is 4.39 Å². The lowest BCUT2D eigenvalue weighted by molar-refractivity contribution is 0.218. The molecule has 1 aromatic carbocycles. The monoisotopic (exact) mass is 278 g/mol. The molecule has 102 valence electrons. The number of hydrogen-bond donors (Lipinski definition) is 1. The molecular formula is C16H19FOS. The Balaban J connectivity index is 2.36. The largest absolute Gasteiger partial charge is 0.383 e. The molecule has 0 aliphatic carbocycles. The fourth-order valence-corrected chi connectivity index (χ4v) is 3.00. The number of hydrogen-bond acceptors (Lipinski definition) is 2. The Bertz CT molecular complexity index is 581. The lowest BCUT2D eigenvalue weighted by Gasteiger charge is -2.16. The van der Waals surface area contributed by atoms with Crippen molar-refractivity contribution in [2.75, 3.05) is 0 Å². The Hall–Kier alpha value is -1.19. The van der Waals surface area contributed by atoms with E-state index in [1.165, 1.54) is 10.9 Å². The highest BCUT2D eigenvalue weighted by atomic mass is 32.1. The maximum atomic E-state index is 13.8. The number of thiophene rings is 1. The zero-order valence-corrected chi connectivity index (χ0v) is 12.5. The molecule has 1 N–H and O–H groups in total. The maximum Gasteiger partial charge on any atom is 0.129 e. The van der Waals surface area contributed by atoms with E-state index < -0.39 is 6.10 Å². The van der Waals surface area contributed by atoms with Crippen LogP contribution in [0.4, 0.5) is 4.39 Å². The van der Waals surface area contributed by atoms with Crippen LogP contribution in [0.2, 0.25) is 0 Å². The minimum absolute atomic E-state index is 0.0494. The summed E-state index contributed by atoms with van der Waals surface area (Å²) in [5, 5.41) is 10.3. The highest BCUT2D eigenvalue weighted by Crippen LogP contribution is 2.35. The van der Waals surface area contributed by atoms with Gasteiger partial charge in [-0.2, -0.15) is 0 Å². The first-order chi connectivity index (χ1) is 8.79. The SMILES string of the molecule is Cc1ccc(F)c(C(O)c2ccc(C(C)(C)C)s2)c1. The molecular weight excluding hydrogens is 259 g/mol. The molecule has 1 nitrogen and oxygen atoms in total. The van der Waals surface area contributed by atoms with E-state index in [9.17, 15) is 9.50 Å². The summed E-state index contributed by atoms with van der Waals surface area (Å²) in [7, 11) is 0. The third-order valence-electron chi connectivity index (χ3n) is 3.08. The van der Waals surface area contributed by atoms with Crippen LogP contribution < -0.4 is 0 Å². The summed E-state index contributed by atoms with van der Waals surface area (Å²) in [5.74, 6) is -0.358. The van der Waals surface area contributed by atoms with Gasteiger partial charge in [0.15, 0.2) is 0 Å². The summed E-state index contributed by atoms with van der Waals surface area (Å²) in [6.45, 7) is 8.28. The first-order valence-corrected chi connectivity index (χ1v) is 7.15. The van der Waals surface area contributed by atoms with E-state index in [0.29, 0.717) is 5.56 Å². The van der Waals surface area contributed by atoms with Gasteiger partial charge in [-0.05, 0) is 30.5 Å². The van der Waals surface area contributed by atoms with Crippen molar-refractivity contribution in [1.29, 1.82) is 0 Å². The first kappa shape index (κ1) is 14.2. The molecule has 1 heterocycles. The van der Waals surface area contributed by atoms with Crippen molar-refractivity contribution >= 4 is 11.3 Å². The molecule has 2 rings (SSSR count). The Kier molecular flexibility index (Phi) is 3.79. The fraction of sp³-hybridized carbons (Fsp3) is 0.375. The third-order valence-corrected chi connectivity index (χ3v) is 4.64. The topological polar surface area (TPSA) is 20.2 Å². The van der Waals surface area contributed by atoms with Crippen molar-refractivity contribution in [3.63, 3.8) is 0 Å². The zero-order chi connectivity index (χ0) is 14.2. The maximum absolute atomic E-state index is 13.8. The van der Waals surface area contributed by atoms with Gasteiger partial charge in [0.1, 0.15) is 11.9 Å². The number of aryl methyl sites for hydroxylation is 1. The Morgan fingerprint density at radius 3 is 2.42 bits per heavy atom. The number of rotatable bonds is 2. The van der Waals surface area contributed by atoms with E-state index >= 15 is 0 Å². The minimum Gasteiger partial charge on any atom is -0.383 e. The summed E-state index contributed by atoms with van der Waals surface area (Å²) in [6, 6.07) is 8.72. The minimum atomic E-state index is -0.888. The molecule has 1 atom stereocenters. The van der Waals surface area contributed by atoms with E-state index in [0.717, 1.165) is 10.4 Å². The Labute approximate surface area is 117 Å². The second-order valence-corrected chi connectivity index (χ2v) is 6.99. The van der Waals surface area contributed by atoms with Gasteiger partial charge in [0.2, 0.25) is 0 Å². The molecule has 0 bridgehead atoms. The van der Waals surface area contributed by atoms with Gasteiger partial charge in [-0.3, -0.25) is 0 Å². The van der Waals surface area contributed by atoms with E-state index in [1.807, 2.05) is 19.1 Å². The van der Waals surface area contributed by atoms with Crippen LogP contribution in [0.5, 0.6) is 0 Å². The second-order valence-electron chi connectivity index (χ2n) is 5.88. The van der Waals surface area contributed by atoms with Crippen molar-refractivity contribution in [3.05, 3.63) is 57.0 Å². The van der Waals surface area contributed by atoms with E-state index in [4.69, 9.17) is 0 Å². The quantitative estimate of drug-likeness (QED) is 0.853. The lowest BCUT2D eigenvalue weighted by atomic mass is 9.95. The molecule has 0 fully saturated rings. The van der Waals surface area contributed by atoms with Crippen LogP contribution in [-0.2, 0) is 5.41 Å². The van der Waals surface area contributed by atoms with E-state index in [-0.39, 0.29) is 11.2 Å². The van der Waals surface area contributed by atoms with Crippen LogP contribution in [-0.4, -0.2) is 5.11 Å². The molecule has 0 amide bonds. The van der Waals surface area contributed by atoms with E-state index in [2.05, 4.69) is 20.8 Å². The van der Waals surface area contributed by atoms with Gasteiger partial charge < -0.3 is 5.11 Å².